The Labute approximate surface area is 220 Å². The van der Waals surface area contributed by atoms with Gasteiger partial charge in [0.05, 0.1) is 11.7 Å². The lowest BCUT2D eigenvalue weighted by atomic mass is 9.73. The Morgan fingerprint density at radius 1 is 1.11 bits per heavy atom. The van der Waals surface area contributed by atoms with Crippen molar-refractivity contribution in [3.8, 4) is 11.5 Å². The molecule has 37 heavy (non-hydrogen) atoms. The van der Waals surface area contributed by atoms with Crippen molar-refractivity contribution in [1.82, 2.24) is 4.90 Å². The predicted octanol–water partition coefficient (Wildman–Crippen LogP) is 4.21. The predicted molar refractivity (Wildman–Crippen MR) is 143 cm³/mol. The summed E-state index contributed by atoms with van der Waals surface area (Å²) >= 11 is 0. The van der Waals surface area contributed by atoms with Gasteiger partial charge in [-0.05, 0) is 69.1 Å². The number of ether oxygens (including phenoxy) is 2. The molecule has 2 aromatic rings. The van der Waals surface area contributed by atoms with Crippen molar-refractivity contribution in [2.24, 2.45) is 17.6 Å². The van der Waals surface area contributed by atoms with Crippen LogP contribution in [0.2, 0.25) is 0 Å². The Balaban J connectivity index is 1.54. The number of nitrogens with zero attached hydrogens (tertiary/aromatic N) is 1. The number of benzene rings is 2. The molecule has 1 heterocycles. The largest absolute Gasteiger partial charge is 0.457 e. The van der Waals surface area contributed by atoms with Crippen molar-refractivity contribution in [3.63, 3.8) is 0 Å². The van der Waals surface area contributed by atoms with Crippen molar-refractivity contribution in [1.29, 1.82) is 0 Å². The molecular weight excluding hydrogens is 468 g/mol. The monoisotopic (exact) mass is 510 g/mol. The van der Waals surface area contributed by atoms with Crippen LogP contribution in [0, 0.1) is 11.8 Å². The molecule has 1 aliphatic heterocycles. The van der Waals surface area contributed by atoms with Gasteiger partial charge in [0.25, 0.3) is 0 Å². The van der Waals surface area contributed by atoms with Crippen LogP contribution < -0.4 is 10.5 Å². The number of unbranched alkanes of at least 4 members (excludes halogenated alkanes) is 1. The molecule has 2 fully saturated rings. The van der Waals surface area contributed by atoms with Gasteiger partial charge in [-0.3, -0.25) is 4.79 Å². The first kappa shape index (κ1) is 27.6. The number of para-hydroxylation sites is 2. The van der Waals surface area contributed by atoms with Gasteiger partial charge in [-0.25, -0.2) is 0 Å². The lowest BCUT2D eigenvalue weighted by Crippen LogP contribution is -2.48. The number of aliphatic hydroxyl groups is 2. The molecule has 4 N–H and O–H groups in total. The van der Waals surface area contributed by atoms with Crippen LogP contribution >= 0.6 is 0 Å². The molecule has 2 aromatic carbocycles. The van der Waals surface area contributed by atoms with Gasteiger partial charge in [-0.2, -0.15) is 0 Å². The van der Waals surface area contributed by atoms with Gasteiger partial charge < -0.3 is 30.3 Å². The highest BCUT2D eigenvalue weighted by atomic mass is 16.5. The highest BCUT2D eigenvalue weighted by Gasteiger charge is 2.43. The Morgan fingerprint density at radius 3 is 2.59 bits per heavy atom. The molecule has 0 spiro atoms. The zero-order valence-corrected chi connectivity index (χ0v) is 21.9. The Bertz CT molecular complexity index is 992. The van der Waals surface area contributed by atoms with E-state index in [2.05, 4.69) is 0 Å². The SMILES string of the molecule is COCCCC[C@@](O)(c1ccccc1Oc1ccccc1)[C@@H]1CCCN(C(=O)C[C@H]2C[C@@H](N)[C@@H](O)C2)C1. The maximum atomic E-state index is 13.3. The van der Waals surface area contributed by atoms with Crippen molar-refractivity contribution >= 4 is 5.91 Å². The Kier molecular flexibility index (Phi) is 9.60. The van der Waals surface area contributed by atoms with Gasteiger partial charge in [-0.1, -0.05) is 36.4 Å². The van der Waals surface area contributed by atoms with Gasteiger partial charge in [0, 0.05) is 50.8 Å². The number of likely N-dealkylation sites (tertiary alicyclic amines) is 1. The standard InChI is InChI=1S/C30H42N2O5/c1-36-17-8-7-15-30(35,25-13-5-6-14-28(25)37-24-11-3-2-4-12-24)23-10-9-16-32(21-23)29(34)20-22-18-26(31)27(33)19-22/h2-6,11-14,22-23,26-27,33,35H,7-10,15-21,31H2,1H3/t22-,23+,26+,27-,30-/m0/s1. The fraction of sp³-hybridized carbons (Fsp3) is 0.567. The summed E-state index contributed by atoms with van der Waals surface area (Å²) < 4.78 is 11.5. The molecule has 5 atom stereocenters. The average Bonchev–Trinajstić information content (AvgIpc) is 3.23. The molecule has 0 radical (unpaired) electrons. The number of piperidine rings is 1. The second kappa shape index (κ2) is 12.9. The van der Waals surface area contributed by atoms with E-state index in [0.717, 1.165) is 31.2 Å². The Hall–Kier alpha value is -2.45. The van der Waals surface area contributed by atoms with Crippen molar-refractivity contribution in [2.45, 2.75) is 69.1 Å². The second-order valence-corrected chi connectivity index (χ2v) is 10.7. The average molecular weight is 511 g/mol. The summed E-state index contributed by atoms with van der Waals surface area (Å²) in [6.07, 6.45) is 5.01. The van der Waals surface area contributed by atoms with E-state index in [-0.39, 0.29) is 23.8 Å². The summed E-state index contributed by atoms with van der Waals surface area (Å²) in [6.45, 7) is 1.84. The lowest BCUT2D eigenvalue weighted by Gasteiger charge is -2.43. The smallest absolute Gasteiger partial charge is 0.222 e. The number of methoxy groups -OCH3 is 1. The first-order chi connectivity index (χ1) is 17.9. The number of aliphatic hydroxyl groups excluding tert-OH is 1. The summed E-state index contributed by atoms with van der Waals surface area (Å²) in [5.41, 5.74) is 5.59. The summed E-state index contributed by atoms with van der Waals surface area (Å²) in [4.78, 5) is 15.2. The van der Waals surface area contributed by atoms with E-state index in [9.17, 15) is 15.0 Å². The third kappa shape index (κ3) is 6.90. The highest BCUT2D eigenvalue weighted by Crippen LogP contribution is 2.44. The first-order valence-electron chi connectivity index (χ1n) is 13.7. The minimum atomic E-state index is -1.15. The quantitative estimate of drug-likeness (QED) is 0.391. The molecular formula is C30H42N2O5. The molecule has 2 aliphatic rings. The van der Waals surface area contributed by atoms with Crippen LogP contribution in [0.25, 0.3) is 0 Å². The van der Waals surface area contributed by atoms with E-state index in [1.165, 1.54) is 0 Å². The summed E-state index contributed by atoms with van der Waals surface area (Å²) in [5, 5.41) is 22.4. The van der Waals surface area contributed by atoms with Crippen molar-refractivity contribution < 1.29 is 24.5 Å². The van der Waals surface area contributed by atoms with Crippen LogP contribution in [0.4, 0.5) is 0 Å². The highest BCUT2D eigenvalue weighted by molar-refractivity contribution is 5.76. The first-order valence-corrected chi connectivity index (χ1v) is 13.7. The number of carbonyl (C=O) groups is 1. The van der Waals surface area contributed by atoms with Crippen molar-refractivity contribution in [3.05, 3.63) is 60.2 Å². The second-order valence-electron chi connectivity index (χ2n) is 10.7. The molecule has 7 heteroatoms. The van der Waals surface area contributed by atoms with E-state index in [1.54, 1.807) is 7.11 Å². The molecule has 0 bridgehead atoms. The number of nitrogens with two attached hydrogens (primary N) is 1. The fourth-order valence-electron chi connectivity index (χ4n) is 6.02. The van der Waals surface area contributed by atoms with Crippen LogP contribution in [0.5, 0.6) is 11.5 Å². The molecule has 1 saturated heterocycles. The van der Waals surface area contributed by atoms with Gasteiger partial charge in [0.2, 0.25) is 5.91 Å². The number of rotatable bonds is 11. The molecule has 7 nitrogen and oxygen atoms in total. The number of hydrogen-bond acceptors (Lipinski definition) is 6. The maximum Gasteiger partial charge on any atom is 0.222 e. The third-order valence-electron chi connectivity index (χ3n) is 8.07. The van der Waals surface area contributed by atoms with Gasteiger partial charge >= 0.3 is 0 Å². The van der Waals surface area contributed by atoms with Crippen LogP contribution in [-0.2, 0) is 15.1 Å². The topological polar surface area (TPSA) is 105 Å². The van der Waals surface area contributed by atoms with Gasteiger partial charge in [-0.15, -0.1) is 0 Å². The van der Waals surface area contributed by atoms with Crippen LogP contribution in [0.3, 0.4) is 0 Å². The van der Waals surface area contributed by atoms with Crippen LogP contribution in [0.1, 0.15) is 56.9 Å². The zero-order chi connectivity index (χ0) is 26.3. The lowest BCUT2D eigenvalue weighted by molar-refractivity contribution is -0.137. The molecule has 202 valence electrons. The maximum absolute atomic E-state index is 13.3. The normalized spacial score (nSPS) is 25.6. The molecule has 1 aliphatic carbocycles. The molecule has 0 aromatic heterocycles. The van der Waals surface area contributed by atoms with E-state index >= 15 is 0 Å². The minimum Gasteiger partial charge on any atom is -0.457 e. The van der Waals surface area contributed by atoms with E-state index in [0.29, 0.717) is 56.9 Å². The van der Waals surface area contributed by atoms with E-state index in [1.807, 2.05) is 59.5 Å². The summed E-state index contributed by atoms with van der Waals surface area (Å²) in [5.74, 6) is 1.44. The fourth-order valence-corrected chi connectivity index (χ4v) is 6.02. The minimum absolute atomic E-state index is 0.0894. The van der Waals surface area contributed by atoms with Gasteiger partial charge in [0.15, 0.2) is 0 Å². The zero-order valence-electron chi connectivity index (χ0n) is 21.9. The summed E-state index contributed by atoms with van der Waals surface area (Å²) in [6, 6.07) is 17.1. The summed E-state index contributed by atoms with van der Waals surface area (Å²) in [7, 11) is 1.69. The van der Waals surface area contributed by atoms with E-state index in [4.69, 9.17) is 15.2 Å². The molecule has 1 saturated carbocycles. The van der Waals surface area contributed by atoms with Gasteiger partial charge in [0.1, 0.15) is 11.5 Å². The van der Waals surface area contributed by atoms with Crippen LogP contribution in [-0.4, -0.2) is 60.0 Å². The van der Waals surface area contributed by atoms with E-state index < -0.39 is 11.7 Å². The number of amides is 1. The third-order valence-corrected chi connectivity index (χ3v) is 8.07. The van der Waals surface area contributed by atoms with Crippen LogP contribution in [0.15, 0.2) is 54.6 Å². The number of carbonyl (C=O) groups excluding carboxylic acids is 1. The molecule has 0 unspecified atom stereocenters. The van der Waals surface area contributed by atoms with Crippen molar-refractivity contribution in [2.75, 3.05) is 26.8 Å². The molecule has 1 amide bonds. The molecule has 4 rings (SSSR count). The Morgan fingerprint density at radius 2 is 1.86 bits per heavy atom. The number of hydrogen-bond donors (Lipinski definition) is 3.